The monoisotopic (exact) mass is 482 g/mol. The van der Waals surface area contributed by atoms with Crippen LogP contribution in [0.25, 0.3) is 22.2 Å². The predicted octanol–water partition coefficient (Wildman–Crippen LogP) is 7.17. The molecule has 1 N–H and O–H groups in total. The van der Waals surface area contributed by atoms with E-state index < -0.39 is 0 Å². The Morgan fingerprint density at radius 2 is 1.57 bits per heavy atom. The Balaban J connectivity index is 1.48. The molecule has 30 heavy (non-hydrogen) atoms. The number of anilines is 1. The molecule has 0 radical (unpaired) electrons. The second-order valence-electron chi connectivity index (χ2n) is 8.66. The summed E-state index contributed by atoms with van der Waals surface area (Å²) < 4.78 is 2.91. The van der Waals surface area contributed by atoms with E-state index in [0.29, 0.717) is 0 Å². The number of hydrogen-bond donors (Lipinski definition) is 1. The summed E-state index contributed by atoms with van der Waals surface area (Å²) in [4.78, 5) is 0. The third kappa shape index (κ3) is 4.68. The molecule has 6 heteroatoms. The van der Waals surface area contributed by atoms with E-state index in [4.69, 9.17) is 11.6 Å². The second-order valence-corrected chi connectivity index (χ2v) is 9.89. The summed E-state index contributed by atoms with van der Waals surface area (Å²) in [5.41, 5.74) is 6.60. The normalized spacial score (nSPS) is 11.8. The van der Waals surface area contributed by atoms with E-state index in [-0.39, 0.29) is 5.41 Å². The Hall–Kier alpha value is -2.37. The molecule has 154 valence electrons. The third-order valence-electron chi connectivity index (χ3n) is 4.86. The molecule has 0 saturated carbocycles. The summed E-state index contributed by atoms with van der Waals surface area (Å²) in [6.07, 6.45) is 0. The van der Waals surface area contributed by atoms with E-state index in [0.717, 1.165) is 44.9 Å². The van der Waals surface area contributed by atoms with Gasteiger partial charge in [-0.3, -0.25) is 0 Å². The van der Waals surface area contributed by atoms with Gasteiger partial charge in [0.1, 0.15) is 5.52 Å². The van der Waals surface area contributed by atoms with Crippen LogP contribution in [0.3, 0.4) is 0 Å². The van der Waals surface area contributed by atoms with Crippen LogP contribution in [0, 0.1) is 5.41 Å². The highest BCUT2D eigenvalue weighted by Gasteiger charge is 2.17. The molecule has 0 amide bonds. The van der Waals surface area contributed by atoms with Gasteiger partial charge in [0.15, 0.2) is 0 Å². The SMILES string of the molecule is CC(C)(C)Cn1nnc2c(Br)c(NCc3ccc(-c4ccc(Cl)cc4)cc3)ccc21. The summed E-state index contributed by atoms with van der Waals surface area (Å²) in [5, 5.41) is 13.0. The van der Waals surface area contributed by atoms with Gasteiger partial charge in [0.05, 0.1) is 15.7 Å². The molecular formula is C24H24BrClN4. The number of hydrogen-bond acceptors (Lipinski definition) is 3. The lowest BCUT2D eigenvalue weighted by molar-refractivity contribution is 0.327. The van der Waals surface area contributed by atoms with Crippen LogP contribution in [0.2, 0.25) is 5.02 Å². The van der Waals surface area contributed by atoms with E-state index in [1.54, 1.807) is 0 Å². The van der Waals surface area contributed by atoms with Crippen LogP contribution in [0.5, 0.6) is 0 Å². The standard InChI is InChI=1S/C24H24BrClN4/c1-24(2,3)15-30-21-13-12-20(22(25)23(21)28-29-30)27-14-16-4-6-17(7-5-16)18-8-10-19(26)11-9-18/h4-13,27H,14-15H2,1-3H3. The Labute approximate surface area is 190 Å². The van der Waals surface area contributed by atoms with Gasteiger partial charge in [0.25, 0.3) is 0 Å². The number of nitrogens with one attached hydrogen (secondary N) is 1. The molecule has 0 aliphatic rings. The summed E-state index contributed by atoms with van der Waals surface area (Å²) in [6.45, 7) is 8.14. The van der Waals surface area contributed by atoms with E-state index in [2.05, 4.69) is 88.7 Å². The molecule has 4 rings (SSSR count). The zero-order valence-corrected chi connectivity index (χ0v) is 19.6. The highest BCUT2D eigenvalue weighted by Crippen LogP contribution is 2.31. The fraction of sp³-hybridized carbons (Fsp3) is 0.250. The number of nitrogens with zero attached hydrogens (tertiary/aromatic N) is 3. The molecule has 3 aromatic carbocycles. The van der Waals surface area contributed by atoms with Crippen molar-refractivity contribution in [3.05, 3.63) is 75.7 Å². The summed E-state index contributed by atoms with van der Waals surface area (Å²) >= 11 is 9.69. The molecule has 4 aromatic rings. The van der Waals surface area contributed by atoms with Gasteiger partial charge in [0, 0.05) is 18.1 Å². The smallest absolute Gasteiger partial charge is 0.129 e. The summed E-state index contributed by atoms with van der Waals surface area (Å²) in [5.74, 6) is 0. The largest absolute Gasteiger partial charge is 0.380 e. The average Bonchev–Trinajstić information content (AvgIpc) is 3.10. The zero-order valence-electron chi connectivity index (χ0n) is 17.3. The van der Waals surface area contributed by atoms with Crippen molar-refractivity contribution in [2.75, 3.05) is 5.32 Å². The van der Waals surface area contributed by atoms with Crippen LogP contribution in [0.1, 0.15) is 26.3 Å². The predicted molar refractivity (Wildman–Crippen MR) is 129 cm³/mol. The minimum Gasteiger partial charge on any atom is -0.380 e. The molecule has 0 atom stereocenters. The molecule has 0 saturated heterocycles. The Morgan fingerprint density at radius 1 is 0.933 bits per heavy atom. The Morgan fingerprint density at radius 3 is 2.20 bits per heavy atom. The number of benzene rings is 3. The van der Waals surface area contributed by atoms with Crippen molar-refractivity contribution in [2.45, 2.75) is 33.9 Å². The number of fused-ring (bicyclic) bond motifs is 1. The fourth-order valence-corrected chi connectivity index (χ4v) is 4.04. The number of rotatable bonds is 5. The first-order chi connectivity index (χ1) is 14.3. The fourth-order valence-electron chi connectivity index (χ4n) is 3.36. The van der Waals surface area contributed by atoms with Crippen molar-refractivity contribution in [3.63, 3.8) is 0 Å². The lowest BCUT2D eigenvalue weighted by Crippen LogP contribution is -2.16. The van der Waals surface area contributed by atoms with Gasteiger partial charge in [-0.05, 0) is 62.3 Å². The molecule has 0 unspecified atom stereocenters. The van der Waals surface area contributed by atoms with Crippen LogP contribution in [-0.2, 0) is 13.1 Å². The average molecular weight is 484 g/mol. The maximum Gasteiger partial charge on any atom is 0.129 e. The van der Waals surface area contributed by atoms with Crippen molar-refractivity contribution < 1.29 is 0 Å². The van der Waals surface area contributed by atoms with E-state index in [9.17, 15) is 0 Å². The van der Waals surface area contributed by atoms with Gasteiger partial charge in [-0.15, -0.1) is 5.10 Å². The van der Waals surface area contributed by atoms with Crippen molar-refractivity contribution in [1.29, 1.82) is 0 Å². The zero-order chi connectivity index (χ0) is 21.3. The van der Waals surface area contributed by atoms with Crippen LogP contribution >= 0.6 is 27.5 Å². The van der Waals surface area contributed by atoms with E-state index >= 15 is 0 Å². The van der Waals surface area contributed by atoms with Crippen molar-refractivity contribution in [2.24, 2.45) is 5.41 Å². The lowest BCUT2D eigenvalue weighted by atomic mass is 9.97. The molecule has 0 bridgehead atoms. The maximum absolute atomic E-state index is 5.98. The first-order valence-electron chi connectivity index (χ1n) is 9.91. The van der Waals surface area contributed by atoms with Gasteiger partial charge < -0.3 is 5.32 Å². The van der Waals surface area contributed by atoms with Crippen LogP contribution < -0.4 is 5.32 Å². The van der Waals surface area contributed by atoms with Gasteiger partial charge >= 0.3 is 0 Å². The minimum absolute atomic E-state index is 0.141. The second kappa shape index (κ2) is 8.40. The third-order valence-corrected chi connectivity index (χ3v) is 5.92. The Bertz CT molecular complexity index is 1160. The lowest BCUT2D eigenvalue weighted by Gasteiger charge is -2.18. The molecule has 4 nitrogen and oxygen atoms in total. The number of halogens is 2. The maximum atomic E-state index is 5.98. The van der Waals surface area contributed by atoms with Crippen LogP contribution in [0.4, 0.5) is 5.69 Å². The van der Waals surface area contributed by atoms with Crippen LogP contribution in [-0.4, -0.2) is 15.0 Å². The minimum atomic E-state index is 0.141. The molecular weight excluding hydrogens is 460 g/mol. The Kier molecular flexibility index (Phi) is 5.85. The van der Waals surface area contributed by atoms with Crippen molar-refractivity contribution in [3.8, 4) is 11.1 Å². The summed E-state index contributed by atoms with van der Waals surface area (Å²) in [7, 11) is 0. The highest BCUT2D eigenvalue weighted by molar-refractivity contribution is 9.10. The number of aromatic nitrogens is 3. The molecule has 1 heterocycles. The highest BCUT2D eigenvalue weighted by atomic mass is 79.9. The molecule has 0 aliphatic carbocycles. The van der Waals surface area contributed by atoms with E-state index in [1.165, 1.54) is 11.1 Å². The van der Waals surface area contributed by atoms with Gasteiger partial charge in [0.2, 0.25) is 0 Å². The van der Waals surface area contributed by atoms with Crippen molar-refractivity contribution in [1.82, 2.24) is 15.0 Å². The van der Waals surface area contributed by atoms with E-state index in [1.807, 2.05) is 28.9 Å². The van der Waals surface area contributed by atoms with Gasteiger partial charge in [-0.25, -0.2) is 4.68 Å². The first-order valence-corrected chi connectivity index (χ1v) is 11.1. The first kappa shape index (κ1) is 20.9. The molecule has 0 aliphatic heterocycles. The van der Waals surface area contributed by atoms with Crippen molar-refractivity contribution >= 4 is 44.3 Å². The van der Waals surface area contributed by atoms with Gasteiger partial charge in [-0.2, -0.15) is 0 Å². The topological polar surface area (TPSA) is 42.7 Å². The van der Waals surface area contributed by atoms with Crippen LogP contribution in [0.15, 0.2) is 65.1 Å². The quantitative estimate of drug-likeness (QED) is 0.327. The van der Waals surface area contributed by atoms with Gasteiger partial charge in [-0.1, -0.05) is 74.0 Å². The summed E-state index contributed by atoms with van der Waals surface area (Å²) in [6, 6.07) is 20.6. The molecule has 0 fully saturated rings. The molecule has 1 aromatic heterocycles. The molecule has 0 spiro atoms.